The first-order valence-electron chi connectivity index (χ1n) is 9.00. The van der Waals surface area contributed by atoms with Crippen molar-refractivity contribution in [2.24, 2.45) is 4.99 Å². The summed E-state index contributed by atoms with van der Waals surface area (Å²) in [5.41, 5.74) is 0.794. The Labute approximate surface area is 156 Å². The first-order valence-corrected chi connectivity index (χ1v) is 9.00. The summed E-state index contributed by atoms with van der Waals surface area (Å²) in [5, 5.41) is 6.65. The van der Waals surface area contributed by atoms with E-state index in [2.05, 4.69) is 22.5 Å². The maximum atomic E-state index is 5.83. The van der Waals surface area contributed by atoms with Crippen molar-refractivity contribution >= 4 is 5.96 Å². The molecule has 1 atom stereocenters. The van der Waals surface area contributed by atoms with Gasteiger partial charge >= 0.3 is 0 Å². The molecular formula is C19H31N3O4. The maximum absolute atomic E-state index is 5.83. The lowest BCUT2D eigenvalue weighted by Crippen LogP contribution is -2.45. The van der Waals surface area contributed by atoms with Crippen molar-refractivity contribution < 1.29 is 18.9 Å². The fourth-order valence-electron chi connectivity index (χ4n) is 2.97. The molecule has 1 fully saturated rings. The van der Waals surface area contributed by atoms with Crippen LogP contribution in [-0.2, 0) is 11.3 Å². The Hall–Kier alpha value is -2.15. The molecule has 0 amide bonds. The molecule has 0 saturated carbocycles. The minimum Gasteiger partial charge on any atom is -0.496 e. The summed E-state index contributed by atoms with van der Waals surface area (Å²) >= 11 is 0. The fraction of sp³-hybridized carbons (Fsp3) is 0.632. The smallest absolute Gasteiger partial charge is 0.191 e. The van der Waals surface area contributed by atoms with E-state index in [4.69, 9.17) is 18.9 Å². The highest BCUT2D eigenvalue weighted by atomic mass is 16.5. The summed E-state index contributed by atoms with van der Waals surface area (Å²) in [6.07, 6.45) is 2.16. The number of nitrogens with one attached hydrogen (secondary N) is 2. The van der Waals surface area contributed by atoms with Crippen molar-refractivity contribution in [2.45, 2.75) is 38.8 Å². The molecule has 0 spiro atoms. The van der Waals surface area contributed by atoms with Gasteiger partial charge in [0.1, 0.15) is 5.75 Å². The highest BCUT2D eigenvalue weighted by Gasteiger charge is 2.29. The molecule has 2 rings (SSSR count). The van der Waals surface area contributed by atoms with Crippen LogP contribution in [0.1, 0.15) is 32.3 Å². The van der Waals surface area contributed by atoms with Crippen molar-refractivity contribution in [3.63, 3.8) is 0 Å². The zero-order chi connectivity index (χ0) is 19.0. The van der Waals surface area contributed by atoms with E-state index in [-0.39, 0.29) is 5.60 Å². The number of hydrogen-bond acceptors (Lipinski definition) is 5. The summed E-state index contributed by atoms with van der Waals surface area (Å²) in [6.45, 7) is 6.97. The van der Waals surface area contributed by atoms with Crippen LogP contribution in [0.3, 0.4) is 0 Å². The van der Waals surface area contributed by atoms with Crippen LogP contribution in [0.5, 0.6) is 17.2 Å². The van der Waals surface area contributed by atoms with Gasteiger partial charge in [0.25, 0.3) is 0 Å². The normalized spacial score (nSPS) is 20.0. The molecule has 7 heteroatoms. The highest BCUT2D eigenvalue weighted by molar-refractivity contribution is 5.79. The van der Waals surface area contributed by atoms with E-state index < -0.39 is 0 Å². The summed E-state index contributed by atoms with van der Waals surface area (Å²) in [5.74, 6) is 2.76. The maximum Gasteiger partial charge on any atom is 0.191 e. The molecule has 1 aliphatic heterocycles. The third-order valence-electron chi connectivity index (χ3n) is 4.47. The lowest BCUT2D eigenvalue weighted by Gasteiger charge is -2.24. The number of nitrogens with zero attached hydrogens (tertiary/aromatic N) is 1. The Bertz CT molecular complexity index is 613. The van der Waals surface area contributed by atoms with Gasteiger partial charge < -0.3 is 29.6 Å². The van der Waals surface area contributed by atoms with Crippen LogP contribution in [-0.4, -0.2) is 52.6 Å². The molecule has 146 valence electrons. The van der Waals surface area contributed by atoms with Gasteiger partial charge in [-0.2, -0.15) is 0 Å². The summed E-state index contributed by atoms with van der Waals surface area (Å²) in [7, 11) is 4.86. The molecule has 26 heavy (non-hydrogen) atoms. The Kier molecular flexibility index (Phi) is 7.38. The van der Waals surface area contributed by atoms with Crippen molar-refractivity contribution in [2.75, 3.05) is 41.0 Å². The number of benzene rings is 1. The van der Waals surface area contributed by atoms with E-state index >= 15 is 0 Å². The zero-order valence-corrected chi connectivity index (χ0v) is 16.5. The van der Waals surface area contributed by atoms with Gasteiger partial charge in [-0.15, -0.1) is 0 Å². The number of hydrogen-bond donors (Lipinski definition) is 2. The second-order valence-corrected chi connectivity index (χ2v) is 6.47. The predicted octanol–water partition coefficient (Wildman–Crippen LogP) is 2.34. The Morgan fingerprint density at radius 2 is 1.81 bits per heavy atom. The number of methoxy groups -OCH3 is 3. The largest absolute Gasteiger partial charge is 0.496 e. The van der Waals surface area contributed by atoms with E-state index in [1.165, 1.54) is 0 Å². The highest BCUT2D eigenvalue weighted by Crippen LogP contribution is 2.34. The lowest BCUT2D eigenvalue weighted by atomic mass is 10.0. The summed E-state index contributed by atoms with van der Waals surface area (Å²) in [4.78, 5) is 4.68. The lowest BCUT2D eigenvalue weighted by molar-refractivity contribution is 0.0243. The molecule has 1 aromatic carbocycles. The van der Waals surface area contributed by atoms with E-state index in [9.17, 15) is 0 Å². The Morgan fingerprint density at radius 3 is 2.38 bits per heavy atom. The molecule has 1 aliphatic rings. The average molecular weight is 365 g/mol. The fourth-order valence-corrected chi connectivity index (χ4v) is 2.97. The molecule has 0 radical (unpaired) electrons. The molecule has 0 aromatic heterocycles. The molecule has 0 bridgehead atoms. The molecule has 1 aromatic rings. The minimum absolute atomic E-state index is 0.128. The predicted molar refractivity (Wildman–Crippen MR) is 103 cm³/mol. The Balaban J connectivity index is 2.12. The van der Waals surface area contributed by atoms with Crippen LogP contribution in [0, 0.1) is 0 Å². The second-order valence-electron chi connectivity index (χ2n) is 6.47. The molecule has 7 nitrogen and oxygen atoms in total. The van der Waals surface area contributed by atoms with Crippen molar-refractivity contribution in [3.05, 3.63) is 17.7 Å². The van der Waals surface area contributed by atoms with Crippen molar-refractivity contribution in [1.82, 2.24) is 10.6 Å². The van der Waals surface area contributed by atoms with Gasteiger partial charge in [0.15, 0.2) is 17.5 Å². The standard InChI is InChI=1S/C19H31N3O4/c1-6-20-18(22-13-19(2)8-7-9-26-19)21-12-14-10-16(24-4)17(25-5)11-15(14)23-3/h10-11H,6-9,12-13H2,1-5H3,(H2,20,21,22). The van der Waals surface area contributed by atoms with Crippen LogP contribution in [0.25, 0.3) is 0 Å². The van der Waals surface area contributed by atoms with Crippen molar-refractivity contribution in [1.29, 1.82) is 0 Å². The summed E-state index contributed by atoms with van der Waals surface area (Å²) in [6, 6.07) is 3.71. The number of guanidine groups is 1. The van der Waals surface area contributed by atoms with Crippen LogP contribution in [0.4, 0.5) is 0 Å². The SMILES string of the molecule is CCNC(=NCc1cc(OC)c(OC)cc1OC)NCC1(C)CCCO1. The van der Waals surface area contributed by atoms with Gasteiger partial charge in [-0.25, -0.2) is 4.99 Å². The van der Waals surface area contributed by atoms with E-state index in [0.717, 1.165) is 44.1 Å². The first kappa shape index (κ1) is 20.2. The Morgan fingerprint density at radius 1 is 1.12 bits per heavy atom. The van der Waals surface area contributed by atoms with Gasteiger partial charge in [0, 0.05) is 31.3 Å². The van der Waals surface area contributed by atoms with Crippen LogP contribution >= 0.6 is 0 Å². The van der Waals surface area contributed by atoms with E-state index in [1.54, 1.807) is 21.3 Å². The third kappa shape index (κ3) is 5.17. The van der Waals surface area contributed by atoms with Gasteiger partial charge in [-0.1, -0.05) is 0 Å². The molecule has 0 aliphatic carbocycles. The first-order chi connectivity index (χ1) is 12.5. The van der Waals surface area contributed by atoms with Crippen LogP contribution in [0.15, 0.2) is 17.1 Å². The van der Waals surface area contributed by atoms with Crippen LogP contribution < -0.4 is 24.8 Å². The topological polar surface area (TPSA) is 73.3 Å². The summed E-state index contributed by atoms with van der Waals surface area (Å²) < 4.78 is 22.0. The van der Waals surface area contributed by atoms with Gasteiger partial charge in [-0.05, 0) is 32.8 Å². The molecule has 1 unspecified atom stereocenters. The third-order valence-corrected chi connectivity index (χ3v) is 4.47. The van der Waals surface area contributed by atoms with Gasteiger partial charge in [-0.3, -0.25) is 0 Å². The van der Waals surface area contributed by atoms with E-state index in [0.29, 0.717) is 23.8 Å². The van der Waals surface area contributed by atoms with Gasteiger partial charge in [0.2, 0.25) is 0 Å². The minimum atomic E-state index is -0.128. The number of ether oxygens (including phenoxy) is 4. The quantitative estimate of drug-likeness (QED) is 0.544. The van der Waals surface area contributed by atoms with E-state index in [1.807, 2.05) is 19.1 Å². The number of rotatable bonds is 8. The average Bonchev–Trinajstić information content (AvgIpc) is 3.10. The molecule has 2 N–H and O–H groups in total. The molecular weight excluding hydrogens is 334 g/mol. The molecule has 1 heterocycles. The second kappa shape index (κ2) is 9.52. The molecule has 1 saturated heterocycles. The number of aliphatic imine (C=N–C) groups is 1. The van der Waals surface area contributed by atoms with Crippen molar-refractivity contribution in [3.8, 4) is 17.2 Å². The van der Waals surface area contributed by atoms with Crippen LogP contribution in [0.2, 0.25) is 0 Å². The van der Waals surface area contributed by atoms with Gasteiger partial charge in [0.05, 0.1) is 33.5 Å². The zero-order valence-electron chi connectivity index (χ0n) is 16.5. The monoisotopic (exact) mass is 365 g/mol.